The SMILES string of the molecule is C/C(=N/NC(=S)NC[C@H]1CCCO1)c1ccc2c(c1)Cc1ccccc1-2. The Hall–Kier alpha value is -2.24. The van der Waals surface area contributed by atoms with Crippen LogP contribution in [0.1, 0.15) is 36.5 Å². The fraction of sp³-hybridized carbons (Fsp3) is 0.333. The number of fused-ring (bicyclic) bond motifs is 3. The van der Waals surface area contributed by atoms with Crippen LogP contribution in [0.5, 0.6) is 0 Å². The smallest absolute Gasteiger partial charge is 0.187 e. The van der Waals surface area contributed by atoms with E-state index in [1.54, 1.807) is 0 Å². The van der Waals surface area contributed by atoms with E-state index in [4.69, 9.17) is 17.0 Å². The average molecular weight is 366 g/mol. The van der Waals surface area contributed by atoms with E-state index < -0.39 is 0 Å². The number of rotatable bonds is 4. The van der Waals surface area contributed by atoms with Crippen LogP contribution in [0.4, 0.5) is 0 Å². The fourth-order valence-electron chi connectivity index (χ4n) is 3.62. The second-order valence-electron chi connectivity index (χ2n) is 6.86. The molecule has 0 aromatic heterocycles. The van der Waals surface area contributed by atoms with E-state index in [0.29, 0.717) is 5.11 Å². The number of nitrogens with one attached hydrogen (secondary N) is 2. The summed E-state index contributed by atoms with van der Waals surface area (Å²) in [5, 5.41) is 8.15. The Labute approximate surface area is 159 Å². The molecule has 0 unspecified atom stereocenters. The number of hydrogen-bond donors (Lipinski definition) is 2. The van der Waals surface area contributed by atoms with Crippen molar-refractivity contribution in [2.45, 2.75) is 32.3 Å². The van der Waals surface area contributed by atoms with Gasteiger partial charge in [0.25, 0.3) is 0 Å². The third kappa shape index (κ3) is 3.64. The number of hydrazone groups is 1. The molecule has 0 spiro atoms. The first-order chi connectivity index (χ1) is 12.7. The molecule has 2 aromatic rings. The van der Waals surface area contributed by atoms with Crippen LogP contribution in [0, 0.1) is 0 Å². The molecule has 1 heterocycles. The first-order valence-corrected chi connectivity index (χ1v) is 9.53. The molecule has 134 valence electrons. The van der Waals surface area contributed by atoms with Crippen LogP contribution >= 0.6 is 12.2 Å². The van der Waals surface area contributed by atoms with E-state index >= 15 is 0 Å². The summed E-state index contributed by atoms with van der Waals surface area (Å²) in [6.45, 7) is 3.59. The maximum Gasteiger partial charge on any atom is 0.187 e. The first-order valence-electron chi connectivity index (χ1n) is 9.12. The van der Waals surface area contributed by atoms with Gasteiger partial charge in [-0.15, -0.1) is 0 Å². The van der Waals surface area contributed by atoms with Crippen molar-refractivity contribution in [1.82, 2.24) is 10.7 Å². The van der Waals surface area contributed by atoms with Gasteiger partial charge in [0.2, 0.25) is 0 Å². The number of hydrogen-bond acceptors (Lipinski definition) is 3. The highest BCUT2D eigenvalue weighted by Crippen LogP contribution is 2.36. The lowest BCUT2D eigenvalue weighted by molar-refractivity contribution is 0.114. The van der Waals surface area contributed by atoms with Gasteiger partial charge in [0.1, 0.15) is 0 Å². The third-order valence-corrected chi connectivity index (χ3v) is 5.29. The van der Waals surface area contributed by atoms with Crippen LogP contribution in [0.25, 0.3) is 11.1 Å². The summed E-state index contributed by atoms with van der Waals surface area (Å²) in [6.07, 6.45) is 3.47. The molecule has 1 fully saturated rings. The van der Waals surface area contributed by atoms with Crippen LogP contribution in [0.2, 0.25) is 0 Å². The molecule has 4 rings (SSSR count). The summed E-state index contributed by atoms with van der Waals surface area (Å²) >= 11 is 5.30. The molecule has 0 amide bonds. The lowest BCUT2D eigenvalue weighted by Crippen LogP contribution is -2.37. The van der Waals surface area contributed by atoms with E-state index in [9.17, 15) is 0 Å². The highest BCUT2D eigenvalue weighted by atomic mass is 32.1. The van der Waals surface area contributed by atoms with Gasteiger partial charge in [-0.05, 0) is 72.3 Å². The standard InChI is InChI=1S/C21H23N3OS/c1-14(23-24-21(26)22-13-18-6-4-10-25-18)15-8-9-20-17(11-15)12-16-5-2-3-7-19(16)20/h2-3,5,7-9,11,18H,4,6,10,12-13H2,1H3,(H2,22,24,26)/b23-14-/t18-/m1/s1. The Balaban J connectivity index is 1.39. The monoisotopic (exact) mass is 365 g/mol. The van der Waals surface area contributed by atoms with Crippen LogP contribution in [0.3, 0.4) is 0 Å². The molecule has 0 radical (unpaired) electrons. The van der Waals surface area contributed by atoms with Gasteiger partial charge in [0, 0.05) is 13.2 Å². The van der Waals surface area contributed by atoms with Gasteiger partial charge in [-0.2, -0.15) is 5.10 Å². The number of benzene rings is 2. The molecule has 1 aliphatic carbocycles. The maximum atomic E-state index is 5.58. The van der Waals surface area contributed by atoms with Gasteiger partial charge in [-0.25, -0.2) is 0 Å². The number of ether oxygens (including phenoxy) is 1. The van der Waals surface area contributed by atoms with Crippen LogP contribution < -0.4 is 10.7 Å². The van der Waals surface area contributed by atoms with Crippen LogP contribution in [0.15, 0.2) is 47.6 Å². The van der Waals surface area contributed by atoms with Crippen LogP contribution in [-0.2, 0) is 11.2 Å². The van der Waals surface area contributed by atoms with Crippen molar-refractivity contribution < 1.29 is 4.74 Å². The lowest BCUT2D eigenvalue weighted by Gasteiger charge is -2.12. The minimum absolute atomic E-state index is 0.262. The summed E-state index contributed by atoms with van der Waals surface area (Å²) in [7, 11) is 0. The van der Waals surface area contributed by atoms with Gasteiger partial charge in [0.15, 0.2) is 5.11 Å². The minimum Gasteiger partial charge on any atom is -0.376 e. The van der Waals surface area contributed by atoms with Crippen molar-refractivity contribution in [1.29, 1.82) is 0 Å². The zero-order valence-electron chi connectivity index (χ0n) is 14.9. The molecule has 1 atom stereocenters. The molecule has 0 saturated carbocycles. The van der Waals surface area contributed by atoms with Crippen molar-refractivity contribution in [2.24, 2.45) is 5.10 Å². The quantitative estimate of drug-likeness (QED) is 0.421. The lowest BCUT2D eigenvalue weighted by atomic mass is 10.0. The summed E-state index contributed by atoms with van der Waals surface area (Å²) in [5.41, 5.74) is 10.4. The van der Waals surface area contributed by atoms with Gasteiger partial charge < -0.3 is 10.1 Å². The van der Waals surface area contributed by atoms with E-state index in [1.807, 2.05) is 6.92 Å². The maximum absolute atomic E-state index is 5.58. The molecule has 4 nitrogen and oxygen atoms in total. The fourth-order valence-corrected chi connectivity index (χ4v) is 3.75. The Morgan fingerprint density at radius 1 is 1.19 bits per heavy atom. The number of thiocarbonyl (C=S) groups is 1. The van der Waals surface area contributed by atoms with E-state index in [2.05, 4.69) is 58.3 Å². The Bertz CT molecular complexity index is 856. The van der Waals surface area contributed by atoms with Gasteiger partial charge >= 0.3 is 0 Å². The van der Waals surface area contributed by atoms with Crippen molar-refractivity contribution >= 4 is 23.0 Å². The Kier molecular flexibility index (Phi) is 5.00. The van der Waals surface area contributed by atoms with Crippen LogP contribution in [-0.4, -0.2) is 30.1 Å². The Morgan fingerprint density at radius 2 is 2.04 bits per heavy atom. The normalized spacial score (nSPS) is 18.3. The molecule has 2 aromatic carbocycles. The Morgan fingerprint density at radius 3 is 2.88 bits per heavy atom. The van der Waals surface area contributed by atoms with Crippen molar-refractivity contribution in [3.8, 4) is 11.1 Å². The van der Waals surface area contributed by atoms with Crippen molar-refractivity contribution in [3.63, 3.8) is 0 Å². The molecule has 2 aliphatic rings. The average Bonchev–Trinajstić information content (AvgIpc) is 3.31. The zero-order chi connectivity index (χ0) is 17.9. The highest BCUT2D eigenvalue weighted by Gasteiger charge is 2.18. The molecular formula is C21H23N3OS. The van der Waals surface area contributed by atoms with Crippen molar-refractivity contribution in [2.75, 3.05) is 13.2 Å². The van der Waals surface area contributed by atoms with E-state index in [0.717, 1.165) is 43.7 Å². The first kappa shape index (κ1) is 17.2. The third-order valence-electron chi connectivity index (χ3n) is 5.05. The molecule has 5 heteroatoms. The molecule has 2 N–H and O–H groups in total. The zero-order valence-corrected chi connectivity index (χ0v) is 15.7. The highest BCUT2D eigenvalue weighted by molar-refractivity contribution is 7.80. The second kappa shape index (κ2) is 7.56. The van der Waals surface area contributed by atoms with Gasteiger partial charge in [-0.1, -0.05) is 36.4 Å². The summed E-state index contributed by atoms with van der Waals surface area (Å²) < 4.78 is 5.58. The predicted molar refractivity (Wildman–Crippen MR) is 110 cm³/mol. The molecular weight excluding hydrogens is 342 g/mol. The summed E-state index contributed by atoms with van der Waals surface area (Å²) in [4.78, 5) is 0. The van der Waals surface area contributed by atoms with Gasteiger partial charge in [0.05, 0.1) is 11.8 Å². The molecule has 1 aliphatic heterocycles. The van der Waals surface area contributed by atoms with E-state index in [-0.39, 0.29) is 6.10 Å². The molecule has 0 bridgehead atoms. The molecule has 26 heavy (non-hydrogen) atoms. The minimum atomic E-state index is 0.262. The molecule has 1 saturated heterocycles. The second-order valence-corrected chi connectivity index (χ2v) is 7.27. The summed E-state index contributed by atoms with van der Waals surface area (Å²) in [5.74, 6) is 0. The van der Waals surface area contributed by atoms with Gasteiger partial charge in [-0.3, -0.25) is 5.43 Å². The van der Waals surface area contributed by atoms with E-state index in [1.165, 1.54) is 22.3 Å². The largest absolute Gasteiger partial charge is 0.376 e. The predicted octanol–water partition coefficient (Wildman–Crippen LogP) is 3.62. The summed E-state index contributed by atoms with van der Waals surface area (Å²) in [6, 6.07) is 15.2. The number of nitrogens with zero attached hydrogens (tertiary/aromatic N) is 1. The topological polar surface area (TPSA) is 45.7 Å². The van der Waals surface area contributed by atoms with Crippen molar-refractivity contribution in [3.05, 3.63) is 59.2 Å².